The fourth-order valence-electron chi connectivity index (χ4n) is 3.06. The molecule has 1 aliphatic rings. The Bertz CT molecular complexity index is 779. The van der Waals surface area contributed by atoms with Crippen molar-refractivity contribution >= 4 is 22.0 Å². The number of primary amides is 1. The Kier molecular flexibility index (Phi) is 9.36. The van der Waals surface area contributed by atoms with Crippen LogP contribution < -0.4 is 16.4 Å². The number of hydrogen-bond acceptors (Lipinski definition) is 5. The number of hydrogen-bond donors (Lipinski definition) is 3. The first-order valence-electron chi connectivity index (χ1n) is 9.81. The van der Waals surface area contributed by atoms with Gasteiger partial charge in [0.05, 0.1) is 19.0 Å². The quantitative estimate of drug-likeness (QED) is 0.448. The van der Waals surface area contributed by atoms with E-state index in [1.54, 1.807) is 12.1 Å². The van der Waals surface area contributed by atoms with Gasteiger partial charge in [-0.3, -0.25) is 4.79 Å². The molecule has 10 heteroatoms. The van der Waals surface area contributed by atoms with Crippen LogP contribution in [0.25, 0.3) is 0 Å². The first kappa shape index (κ1) is 23.1. The lowest BCUT2D eigenvalue weighted by Crippen LogP contribution is -2.41. The molecule has 0 unspecified atom stereocenters. The van der Waals surface area contributed by atoms with Crippen LogP contribution in [0.15, 0.2) is 24.3 Å². The summed E-state index contributed by atoms with van der Waals surface area (Å²) in [6, 6.07) is 6.70. The van der Waals surface area contributed by atoms with Gasteiger partial charge in [0.1, 0.15) is 0 Å². The minimum atomic E-state index is -3.42. The highest BCUT2D eigenvalue weighted by molar-refractivity contribution is 7.88. The van der Waals surface area contributed by atoms with Crippen LogP contribution in [-0.2, 0) is 31.9 Å². The van der Waals surface area contributed by atoms with Gasteiger partial charge in [0.25, 0.3) is 0 Å². The molecular formula is C19H30N4O5S. The molecule has 0 atom stereocenters. The summed E-state index contributed by atoms with van der Waals surface area (Å²) in [7, 11) is -3.42. The fourth-order valence-corrected chi connectivity index (χ4v) is 4.63. The summed E-state index contributed by atoms with van der Waals surface area (Å²) >= 11 is 0. The number of amides is 3. The number of sulfonamides is 1. The Morgan fingerprint density at radius 3 is 2.41 bits per heavy atom. The summed E-state index contributed by atoms with van der Waals surface area (Å²) < 4.78 is 32.0. The number of nitrogens with two attached hydrogens (primary N) is 1. The molecule has 4 N–H and O–H groups in total. The molecule has 0 aliphatic carbocycles. The number of unbranched alkanes of at least 4 members (excludes halogenated alkanes) is 2. The van der Waals surface area contributed by atoms with Gasteiger partial charge in [-0.05, 0) is 24.0 Å². The average Bonchev–Trinajstić information content (AvgIpc) is 2.70. The van der Waals surface area contributed by atoms with Crippen LogP contribution in [0.2, 0.25) is 0 Å². The number of carbonyl (C=O) groups is 2. The molecule has 9 nitrogen and oxygen atoms in total. The van der Waals surface area contributed by atoms with E-state index in [-0.39, 0.29) is 18.2 Å². The Hall–Kier alpha value is -2.17. The van der Waals surface area contributed by atoms with Crippen molar-refractivity contribution in [2.24, 2.45) is 5.73 Å². The maximum absolute atomic E-state index is 12.7. The van der Waals surface area contributed by atoms with Crippen molar-refractivity contribution in [1.29, 1.82) is 0 Å². The van der Waals surface area contributed by atoms with Crippen LogP contribution in [0.5, 0.6) is 0 Å². The maximum Gasteiger partial charge on any atom is 0.312 e. The van der Waals surface area contributed by atoms with Crippen LogP contribution in [0.1, 0.15) is 36.8 Å². The summed E-state index contributed by atoms with van der Waals surface area (Å²) in [5.74, 6) is -0.176. The van der Waals surface area contributed by atoms with E-state index in [9.17, 15) is 18.0 Å². The van der Waals surface area contributed by atoms with Crippen LogP contribution in [0, 0.1) is 0 Å². The predicted octanol–water partition coefficient (Wildman–Crippen LogP) is 0.694. The largest absolute Gasteiger partial charge is 0.379 e. The number of benzene rings is 1. The van der Waals surface area contributed by atoms with Gasteiger partial charge in [0, 0.05) is 32.6 Å². The monoisotopic (exact) mass is 426 g/mol. The van der Waals surface area contributed by atoms with Gasteiger partial charge in [0.15, 0.2) is 0 Å². The molecular weight excluding hydrogens is 396 g/mol. The van der Waals surface area contributed by atoms with Gasteiger partial charge >= 0.3 is 6.03 Å². The van der Waals surface area contributed by atoms with E-state index in [4.69, 9.17) is 10.5 Å². The topological polar surface area (TPSA) is 131 Å². The third-order valence-corrected chi connectivity index (χ3v) is 6.50. The smallest absolute Gasteiger partial charge is 0.312 e. The maximum atomic E-state index is 12.7. The minimum Gasteiger partial charge on any atom is -0.379 e. The molecule has 1 saturated heterocycles. The third-order valence-electron chi connectivity index (χ3n) is 4.68. The molecule has 0 bridgehead atoms. The van der Waals surface area contributed by atoms with Crippen molar-refractivity contribution < 1.29 is 22.7 Å². The van der Waals surface area contributed by atoms with Crippen LogP contribution in [0.4, 0.5) is 4.79 Å². The number of morpholine rings is 1. The van der Waals surface area contributed by atoms with Crippen molar-refractivity contribution in [1.82, 2.24) is 14.9 Å². The van der Waals surface area contributed by atoms with Gasteiger partial charge in [-0.25, -0.2) is 13.2 Å². The number of nitrogens with one attached hydrogen (secondary N) is 2. The molecule has 1 aliphatic heterocycles. The van der Waals surface area contributed by atoms with Crippen LogP contribution in [0.3, 0.4) is 0 Å². The average molecular weight is 427 g/mol. The molecule has 1 aromatic carbocycles. The standard InChI is InChI=1S/C19H30N4O5S/c20-19(25)21-9-5-1-2-8-18(24)22-14-16-6-3-4-7-17(16)15-29(26,27)23-10-12-28-13-11-23/h3-4,6-7H,1-2,5,8-15H2,(H,22,24)(H3,20,21,25). The highest BCUT2D eigenvalue weighted by Crippen LogP contribution is 2.16. The van der Waals surface area contributed by atoms with Crippen molar-refractivity contribution in [2.75, 3.05) is 32.8 Å². The Balaban J connectivity index is 1.79. The van der Waals surface area contributed by atoms with Gasteiger partial charge in [0.2, 0.25) is 15.9 Å². The second-order valence-corrected chi connectivity index (χ2v) is 8.88. The second-order valence-electron chi connectivity index (χ2n) is 6.91. The van der Waals surface area contributed by atoms with E-state index in [0.29, 0.717) is 51.3 Å². The van der Waals surface area contributed by atoms with Crippen LogP contribution in [-0.4, -0.2) is 57.5 Å². The highest BCUT2D eigenvalue weighted by Gasteiger charge is 2.25. The first-order chi connectivity index (χ1) is 13.9. The molecule has 29 heavy (non-hydrogen) atoms. The third kappa shape index (κ3) is 8.38. The molecule has 0 aromatic heterocycles. The van der Waals surface area contributed by atoms with Gasteiger partial charge in [-0.15, -0.1) is 0 Å². The Labute approximate surface area is 172 Å². The summed E-state index contributed by atoms with van der Waals surface area (Å²) in [6.45, 7) is 2.36. The normalized spacial score (nSPS) is 15.0. The molecule has 0 saturated carbocycles. The summed E-state index contributed by atoms with van der Waals surface area (Å²) in [4.78, 5) is 22.6. The first-order valence-corrected chi connectivity index (χ1v) is 11.4. The van der Waals surface area contributed by atoms with Crippen molar-refractivity contribution in [3.63, 3.8) is 0 Å². The molecule has 3 amide bonds. The van der Waals surface area contributed by atoms with Gasteiger partial charge in [-0.1, -0.05) is 30.7 Å². The Morgan fingerprint density at radius 2 is 1.72 bits per heavy atom. The number of ether oxygens (including phenoxy) is 1. The molecule has 1 fully saturated rings. The Morgan fingerprint density at radius 1 is 1.03 bits per heavy atom. The van der Waals surface area contributed by atoms with E-state index < -0.39 is 16.1 Å². The summed E-state index contributed by atoms with van der Waals surface area (Å²) in [6.07, 6.45) is 2.66. The van der Waals surface area contributed by atoms with E-state index in [1.807, 2.05) is 12.1 Å². The second kappa shape index (κ2) is 11.7. The van der Waals surface area contributed by atoms with E-state index >= 15 is 0 Å². The molecule has 1 aromatic rings. The molecule has 0 radical (unpaired) electrons. The van der Waals surface area contributed by atoms with Crippen molar-refractivity contribution in [3.8, 4) is 0 Å². The lowest BCUT2D eigenvalue weighted by molar-refractivity contribution is -0.121. The number of rotatable bonds is 11. The SMILES string of the molecule is NC(=O)NCCCCCC(=O)NCc1ccccc1CS(=O)(=O)N1CCOCC1. The van der Waals surface area contributed by atoms with E-state index in [2.05, 4.69) is 10.6 Å². The summed E-state index contributed by atoms with van der Waals surface area (Å²) in [5, 5.41) is 5.36. The van der Waals surface area contributed by atoms with Gasteiger partial charge in [-0.2, -0.15) is 4.31 Å². The zero-order chi connectivity index (χ0) is 21.1. The number of urea groups is 1. The fraction of sp³-hybridized carbons (Fsp3) is 0.579. The molecule has 0 spiro atoms. The number of nitrogens with zero attached hydrogens (tertiary/aromatic N) is 1. The summed E-state index contributed by atoms with van der Waals surface area (Å²) in [5.41, 5.74) is 6.47. The predicted molar refractivity (Wildman–Crippen MR) is 109 cm³/mol. The van der Waals surface area contributed by atoms with Crippen LogP contribution >= 0.6 is 0 Å². The minimum absolute atomic E-state index is 0.0845. The lowest BCUT2D eigenvalue weighted by Gasteiger charge is -2.26. The highest BCUT2D eigenvalue weighted by atomic mass is 32.2. The zero-order valence-electron chi connectivity index (χ0n) is 16.6. The van der Waals surface area contributed by atoms with Crippen molar-refractivity contribution in [3.05, 3.63) is 35.4 Å². The zero-order valence-corrected chi connectivity index (χ0v) is 17.4. The number of carbonyl (C=O) groups excluding carboxylic acids is 2. The molecule has 1 heterocycles. The lowest BCUT2D eigenvalue weighted by atomic mass is 10.1. The molecule has 2 rings (SSSR count). The van der Waals surface area contributed by atoms with Gasteiger partial charge < -0.3 is 21.1 Å². The van der Waals surface area contributed by atoms with E-state index in [1.165, 1.54) is 4.31 Å². The molecule has 162 valence electrons. The van der Waals surface area contributed by atoms with Crippen molar-refractivity contribution in [2.45, 2.75) is 38.0 Å². The van der Waals surface area contributed by atoms with E-state index in [0.717, 1.165) is 18.4 Å².